The average Bonchev–Trinajstić information content (AvgIpc) is 3.25. The molecule has 3 rings (SSSR count). The summed E-state index contributed by atoms with van der Waals surface area (Å²) in [5.74, 6) is 0.720. The van der Waals surface area contributed by atoms with Gasteiger partial charge in [0.1, 0.15) is 11.6 Å². The second-order valence-corrected chi connectivity index (χ2v) is 6.84. The zero-order chi connectivity index (χ0) is 21.5. The van der Waals surface area contributed by atoms with Crippen molar-refractivity contribution in [2.45, 2.75) is 0 Å². The average molecular weight is 421 g/mol. The van der Waals surface area contributed by atoms with Gasteiger partial charge in [-0.05, 0) is 23.8 Å². The summed E-state index contributed by atoms with van der Waals surface area (Å²) in [6.45, 7) is 0. The van der Waals surface area contributed by atoms with Crippen molar-refractivity contribution in [1.82, 2.24) is 4.98 Å². The Morgan fingerprint density at radius 1 is 1.10 bits per heavy atom. The van der Waals surface area contributed by atoms with E-state index in [0.29, 0.717) is 27.9 Å². The van der Waals surface area contributed by atoms with Gasteiger partial charge in [0.25, 0.3) is 5.91 Å². The van der Waals surface area contributed by atoms with Crippen molar-refractivity contribution < 1.29 is 19.0 Å². The number of hydrogen-bond acceptors (Lipinski definition) is 7. The summed E-state index contributed by atoms with van der Waals surface area (Å²) >= 11 is 1.29. The lowest BCUT2D eigenvalue weighted by Gasteiger charge is -2.13. The highest BCUT2D eigenvalue weighted by atomic mass is 32.1. The van der Waals surface area contributed by atoms with Crippen LogP contribution in [0.2, 0.25) is 0 Å². The fourth-order valence-electron chi connectivity index (χ4n) is 2.74. The molecule has 7 nitrogen and oxygen atoms in total. The van der Waals surface area contributed by atoms with Crippen molar-refractivity contribution in [1.29, 1.82) is 5.26 Å². The molecule has 30 heavy (non-hydrogen) atoms. The number of carbonyl (C=O) groups is 1. The first-order valence-corrected chi connectivity index (χ1v) is 9.71. The molecule has 0 spiro atoms. The van der Waals surface area contributed by atoms with Gasteiger partial charge in [-0.3, -0.25) is 10.1 Å². The highest BCUT2D eigenvalue weighted by Gasteiger charge is 2.16. The van der Waals surface area contributed by atoms with Gasteiger partial charge < -0.3 is 14.2 Å². The number of nitrogens with zero attached hydrogens (tertiary/aromatic N) is 2. The lowest BCUT2D eigenvalue weighted by atomic mass is 10.1. The van der Waals surface area contributed by atoms with E-state index >= 15 is 0 Å². The molecule has 0 radical (unpaired) electrons. The standard InChI is InChI=1S/C22H19N3O4S/c1-27-18-10-14(11-19(28-2)20(18)29-3)9-16(12-23)21(26)25-22-24-17(13-30-22)15-7-5-4-6-8-15/h4-11,13H,1-3H3,(H,24,25,26)/b16-9-. The summed E-state index contributed by atoms with van der Waals surface area (Å²) in [4.78, 5) is 17.0. The highest BCUT2D eigenvalue weighted by Crippen LogP contribution is 2.38. The summed E-state index contributed by atoms with van der Waals surface area (Å²) in [6, 6.07) is 14.9. The molecule has 0 aliphatic carbocycles. The van der Waals surface area contributed by atoms with Crippen LogP contribution in [0.3, 0.4) is 0 Å². The zero-order valence-corrected chi connectivity index (χ0v) is 17.4. The van der Waals surface area contributed by atoms with Gasteiger partial charge in [-0.1, -0.05) is 30.3 Å². The van der Waals surface area contributed by atoms with Crippen LogP contribution in [-0.2, 0) is 4.79 Å². The van der Waals surface area contributed by atoms with Crippen LogP contribution in [0.1, 0.15) is 5.56 Å². The number of amides is 1. The van der Waals surface area contributed by atoms with Crippen LogP contribution in [0, 0.1) is 11.3 Å². The van der Waals surface area contributed by atoms with Gasteiger partial charge in [-0.25, -0.2) is 4.98 Å². The number of methoxy groups -OCH3 is 3. The van der Waals surface area contributed by atoms with Crippen LogP contribution in [0.25, 0.3) is 17.3 Å². The topological polar surface area (TPSA) is 93.5 Å². The lowest BCUT2D eigenvalue weighted by Crippen LogP contribution is -2.13. The summed E-state index contributed by atoms with van der Waals surface area (Å²) in [5.41, 5.74) is 2.17. The second kappa shape index (κ2) is 9.58. The van der Waals surface area contributed by atoms with Crippen molar-refractivity contribution in [3.8, 4) is 34.6 Å². The number of rotatable bonds is 7. The van der Waals surface area contributed by atoms with E-state index in [-0.39, 0.29) is 5.57 Å². The van der Waals surface area contributed by atoms with E-state index in [4.69, 9.17) is 14.2 Å². The van der Waals surface area contributed by atoms with Crippen molar-refractivity contribution >= 4 is 28.5 Å². The monoisotopic (exact) mass is 421 g/mol. The Kier molecular flexibility index (Phi) is 6.67. The molecule has 2 aromatic carbocycles. The molecule has 0 aliphatic rings. The Hall–Kier alpha value is -3.83. The first-order valence-electron chi connectivity index (χ1n) is 8.83. The molecule has 0 saturated heterocycles. The fourth-order valence-corrected chi connectivity index (χ4v) is 3.45. The van der Waals surface area contributed by atoms with Gasteiger partial charge in [0.15, 0.2) is 16.6 Å². The molecule has 8 heteroatoms. The van der Waals surface area contributed by atoms with E-state index in [1.54, 1.807) is 12.1 Å². The molecule has 0 aliphatic heterocycles. The molecular weight excluding hydrogens is 402 g/mol. The first kappa shape index (κ1) is 20.9. The molecule has 1 heterocycles. The van der Waals surface area contributed by atoms with Crippen LogP contribution >= 0.6 is 11.3 Å². The number of thiazole rings is 1. The quantitative estimate of drug-likeness (QED) is 0.449. The largest absolute Gasteiger partial charge is 0.493 e. The van der Waals surface area contributed by atoms with Crippen molar-refractivity contribution in [3.63, 3.8) is 0 Å². The minimum absolute atomic E-state index is 0.0827. The third kappa shape index (κ3) is 4.59. The molecule has 152 valence electrons. The van der Waals surface area contributed by atoms with Gasteiger partial charge in [0.2, 0.25) is 5.75 Å². The predicted octanol–water partition coefficient (Wildman–Crippen LogP) is 4.38. The van der Waals surface area contributed by atoms with E-state index in [1.165, 1.54) is 38.7 Å². The number of benzene rings is 2. The summed E-state index contributed by atoms with van der Waals surface area (Å²) in [6.07, 6.45) is 1.45. The summed E-state index contributed by atoms with van der Waals surface area (Å²) < 4.78 is 15.9. The van der Waals surface area contributed by atoms with E-state index in [0.717, 1.165) is 11.3 Å². The van der Waals surface area contributed by atoms with E-state index in [1.807, 2.05) is 41.8 Å². The van der Waals surface area contributed by atoms with E-state index in [9.17, 15) is 10.1 Å². The summed E-state index contributed by atoms with van der Waals surface area (Å²) in [5, 5.41) is 14.4. The van der Waals surface area contributed by atoms with Crippen molar-refractivity contribution in [2.24, 2.45) is 0 Å². The number of hydrogen-bond donors (Lipinski definition) is 1. The minimum atomic E-state index is -0.555. The number of nitrogens with one attached hydrogen (secondary N) is 1. The number of anilines is 1. The Balaban J connectivity index is 1.84. The fraction of sp³-hybridized carbons (Fsp3) is 0.136. The van der Waals surface area contributed by atoms with Crippen LogP contribution in [-0.4, -0.2) is 32.2 Å². The number of aromatic nitrogens is 1. The first-order chi connectivity index (χ1) is 14.6. The molecule has 1 aromatic heterocycles. The second-order valence-electron chi connectivity index (χ2n) is 5.99. The molecule has 0 saturated carbocycles. The molecule has 0 atom stereocenters. The summed E-state index contributed by atoms with van der Waals surface area (Å²) in [7, 11) is 4.49. The van der Waals surface area contributed by atoms with Gasteiger partial charge in [-0.2, -0.15) is 5.26 Å². The maximum Gasteiger partial charge on any atom is 0.268 e. The Morgan fingerprint density at radius 3 is 2.33 bits per heavy atom. The van der Waals surface area contributed by atoms with Gasteiger partial charge in [0.05, 0.1) is 27.0 Å². The lowest BCUT2D eigenvalue weighted by molar-refractivity contribution is -0.112. The molecule has 0 fully saturated rings. The third-order valence-corrected chi connectivity index (χ3v) is 4.92. The highest BCUT2D eigenvalue weighted by molar-refractivity contribution is 7.14. The van der Waals surface area contributed by atoms with Gasteiger partial charge in [-0.15, -0.1) is 11.3 Å². The number of carbonyl (C=O) groups excluding carboxylic acids is 1. The Bertz CT molecular complexity index is 1090. The van der Waals surface area contributed by atoms with Gasteiger partial charge >= 0.3 is 0 Å². The van der Waals surface area contributed by atoms with Crippen LogP contribution in [0.15, 0.2) is 53.4 Å². The van der Waals surface area contributed by atoms with Crippen LogP contribution in [0.4, 0.5) is 5.13 Å². The van der Waals surface area contributed by atoms with E-state index < -0.39 is 5.91 Å². The number of nitriles is 1. The smallest absolute Gasteiger partial charge is 0.268 e. The molecule has 1 amide bonds. The van der Waals surface area contributed by atoms with Crippen LogP contribution < -0.4 is 19.5 Å². The molecule has 0 bridgehead atoms. The zero-order valence-electron chi connectivity index (χ0n) is 16.6. The normalized spacial score (nSPS) is 10.8. The van der Waals surface area contributed by atoms with Gasteiger partial charge in [0, 0.05) is 10.9 Å². The Morgan fingerprint density at radius 2 is 1.77 bits per heavy atom. The predicted molar refractivity (Wildman–Crippen MR) is 116 cm³/mol. The molecule has 1 N–H and O–H groups in total. The SMILES string of the molecule is COc1cc(/C=C(/C#N)C(=O)Nc2nc(-c3ccccc3)cs2)cc(OC)c1OC. The van der Waals surface area contributed by atoms with E-state index in [2.05, 4.69) is 10.3 Å². The Labute approximate surface area is 178 Å². The molecule has 3 aromatic rings. The maximum atomic E-state index is 12.6. The van der Waals surface area contributed by atoms with Crippen LogP contribution in [0.5, 0.6) is 17.2 Å². The number of ether oxygens (including phenoxy) is 3. The maximum absolute atomic E-state index is 12.6. The molecule has 0 unspecified atom stereocenters. The van der Waals surface area contributed by atoms with Crippen molar-refractivity contribution in [3.05, 3.63) is 59.0 Å². The minimum Gasteiger partial charge on any atom is -0.493 e. The van der Waals surface area contributed by atoms with Crippen molar-refractivity contribution in [2.75, 3.05) is 26.6 Å². The molecular formula is C22H19N3O4S. The third-order valence-electron chi connectivity index (χ3n) is 4.16.